The maximum Gasteiger partial charge on any atom is 0.226 e. The molecule has 1 aliphatic heterocycles. The molecule has 0 saturated carbocycles. The van der Waals surface area contributed by atoms with Crippen LogP contribution in [-0.2, 0) is 6.42 Å². The van der Waals surface area contributed by atoms with Crippen LogP contribution in [0.25, 0.3) is 0 Å². The molecule has 5 heteroatoms. The molecule has 2 atom stereocenters. The summed E-state index contributed by atoms with van der Waals surface area (Å²) in [5.41, 5.74) is 6.02. The minimum atomic E-state index is 0.279. The van der Waals surface area contributed by atoms with Crippen LogP contribution in [-0.4, -0.2) is 22.4 Å². The van der Waals surface area contributed by atoms with Gasteiger partial charge in [-0.1, -0.05) is 32.3 Å². The SMILES string of the molecule is CC(C)(C)C(CCN)CCc1nc(C2CCCCS2)no1. The number of hydrogen-bond acceptors (Lipinski definition) is 5. The molecule has 0 aliphatic carbocycles. The molecule has 2 unspecified atom stereocenters. The van der Waals surface area contributed by atoms with Crippen LogP contribution in [0.1, 0.15) is 69.8 Å². The van der Waals surface area contributed by atoms with Crippen molar-refractivity contribution in [2.45, 2.75) is 64.5 Å². The highest BCUT2D eigenvalue weighted by molar-refractivity contribution is 7.99. The summed E-state index contributed by atoms with van der Waals surface area (Å²) in [5.74, 6) is 3.52. The predicted octanol–water partition coefficient (Wildman–Crippen LogP) is 3.97. The van der Waals surface area contributed by atoms with Crippen molar-refractivity contribution in [1.29, 1.82) is 0 Å². The summed E-state index contributed by atoms with van der Waals surface area (Å²) in [6.07, 6.45) is 6.78. The van der Waals surface area contributed by atoms with E-state index in [1.165, 1.54) is 25.0 Å². The van der Waals surface area contributed by atoms with Crippen molar-refractivity contribution < 1.29 is 4.52 Å². The Labute approximate surface area is 132 Å². The first-order valence-electron chi connectivity index (χ1n) is 8.15. The van der Waals surface area contributed by atoms with Gasteiger partial charge in [-0.05, 0) is 49.3 Å². The molecule has 4 nitrogen and oxygen atoms in total. The zero-order valence-corrected chi connectivity index (χ0v) is 14.4. The second kappa shape index (κ2) is 7.63. The van der Waals surface area contributed by atoms with Gasteiger partial charge in [0.15, 0.2) is 5.82 Å². The Kier molecular flexibility index (Phi) is 6.11. The summed E-state index contributed by atoms with van der Waals surface area (Å²) in [6.45, 7) is 7.59. The summed E-state index contributed by atoms with van der Waals surface area (Å²) in [7, 11) is 0. The Morgan fingerprint density at radius 1 is 1.33 bits per heavy atom. The molecule has 2 N–H and O–H groups in total. The molecule has 0 amide bonds. The van der Waals surface area contributed by atoms with Gasteiger partial charge in [-0.3, -0.25) is 0 Å². The van der Waals surface area contributed by atoms with Gasteiger partial charge in [0, 0.05) is 6.42 Å². The second-order valence-electron chi connectivity index (χ2n) is 7.08. The van der Waals surface area contributed by atoms with Crippen molar-refractivity contribution in [3.8, 4) is 0 Å². The highest BCUT2D eigenvalue weighted by Gasteiger charge is 2.25. The monoisotopic (exact) mass is 311 g/mol. The first kappa shape index (κ1) is 16.8. The van der Waals surface area contributed by atoms with Crippen LogP contribution in [0.4, 0.5) is 0 Å². The summed E-state index contributed by atoms with van der Waals surface area (Å²) in [4.78, 5) is 4.62. The molecule has 0 spiro atoms. The quantitative estimate of drug-likeness (QED) is 0.861. The normalized spacial score (nSPS) is 21.4. The molecule has 1 aliphatic rings. The maximum atomic E-state index is 5.74. The molecule has 2 heterocycles. The van der Waals surface area contributed by atoms with E-state index in [0.717, 1.165) is 37.5 Å². The van der Waals surface area contributed by atoms with Gasteiger partial charge >= 0.3 is 0 Å². The minimum Gasteiger partial charge on any atom is -0.339 e. The summed E-state index contributed by atoms with van der Waals surface area (Å²) in [5, 5.41) is 4.64. The van der Waals surface area contributed by atoms with Gasteiger partial charge < -0.3 is 10.3 Å². The lowest BCUT2D eigenvalue weighted by atomic mass is 9.76. The Morgan fingerprint density at radius 3 is 2.76 bits per heavy atom. The van der Waals surface area contributed by atoms with E-state index in [9.17, 15) is 0 Å². The predicted molar refractivity (Wildman–Crippen MR) is 88.3 cm³/mol. The standard InChI is InChI=1S/C16H29N3OS/c1-16(2,3)12(9-10-17)7-8-14-18-15(19-20-14)13-6-4-5-11-21-13/h12-13H,4-11,17H2,1-3H3. The Balaban J connectivity index is 1.89. The van der Waals surface area contributed by atoms with E-state index in [0.29, 0.717) is 11.2 Å². The van der Waals surface area contributed by atoms with E-state index >= 15 is 0 Å². The molecule has 1 aromatic rings. The zero-order valence-electron chi connectivity index (χ0n) is 13.6. The molecular formula is C16H29N3OS. The average molecular weight is 311 g/mol. The first-order valence-corrected chi connectivity index (χ1v) is 9.19. The van der Waals surface area contributed by atoms with Crippen molar-refractivity contribution in [2.24, 2.45) is 17.1 Å². The van der Waals surface area contributed by atoms with E-state index in [1.807, 2.05) is 11.8 Å². The van der Waals surface area contributed by atoms with Crippen LogP contribution in [0.5, 0.6) is 0 Å². The lowest BCUT2D eigenvalue weighted by Crippen LogP contribution is -2.24. The fourth-order valence-corrected chi connectivity index (χ4v) is 4.19. The van der Waals surface area contributed by atoms with Gasteiger partial charge in [-0.25, -0.2) is 0 Å². The lowest BCUT2D eigenvalue weighted by Gasteiger charge is -2.30. The number of nitrogens with two attached hydrogens (primary N) is 1. The third kappa shape index (κ3) is 4.99. The van der Waals surface area contributed by atoms with Crippen LogP contribution in [0.2, 0.25) is 0 Å². The summed E-state index contributed by atoms with van der Waals surface area (Å²) >= 11 is 1.96. The molecule has 1 fully saturated rings. The van der Waals surface area contributed by atoms with Crippen molar-refractivity contribution in [2.75, 3.05) is 12.3 Å². The minimum absolute atomic E-state index is 0.279. The fraction of sp³-hybridized carbons (Fsp3) is 0.875. The molecule has 0 bridgehead atoms. The van der Waals surface area contributed by atoms with Crippen LogP contribution < -0.4 is 5.73 Å². The molecule has 1 aromatic heterocycles. The second-order valence-corrected chi connectivity index (χ2v) is 8.39. The van der Waals surface area contributed by atoms with Gasteiger partial charge in [0.05, 0.1) is 5.25 Å². The number of nitrogens with zero attached hydrogens (tertiary/aromatic N) is 2. The van der Waals surface area contributed by atoms with Crippen LogP contribution in [0, 0.1) is 11.3 Å². The molecule has 1 saturated heterocycles. The number of thioether (sulfide) groups is 1. The van der Waals surface area contributed by atoms with Gasteiger partial charge in [0.25, 0.3) is 0 Å². The Hall–Kier alpha value is -0.550. The fourth-order valence-electron chi connectivity index (χ4n) is 2.95. The molecule has 120 valence electrons. The first-order chi connectivity index (χ1) is 10.0. The van der Waals surface area contributed by atoms with Gasteiger partial charge in [-0.15, -0.1) is 0 Å². The Bertz CT molecular complexity index is 421. The number of aryl methyl sites for hydroxylation is 1. The van der Waals surface area contributed by atoms with E-state index in [2.05, 4.69) is 30.9 Å². The largest absolute Gasteiger partial charge is 0.339 e. The molecule has 21 heavy (non-hydrogen) atoms. The highest BCUT2D eigenvalue weighted by atomic mass is 32.2. The third-order valence-corrected chi connectivity index (χ3v) is 5.77. The van der Waals surface area contributed by atoms with Crippen molar-refractivity contribution in [3.63, 3.8) is 0 Å². The van der Waals surface area contributed by atoms with E-state index < -0.39 is 0 Å². The zero-order chi connectivity index (χ0) is 15.3. The smallest absolute Gasteiger partial charge is 0.226 e. The highest BCUT2D eigenvalue weighted by Crippen LogP contribution is 2.37. The molecule has 0 aromatic carbocycles. The van der Waals surface area contributed by atoms with Gasteiger partial charge in [0.2, 0.25) is 5.89 Å². The van der Waals surface area contributed by atoms with Crippen LogP contribution in [0.15, 0.2) is 4.52 Å². The van der Waals surface area contributed by atoms with Gasteiger partial charge in [-0.2, -0.15) is 16.7 Å². The lowest BCUT2D eigenvalue weighted by molar-refractivity contribution is 0.208. The van der Waals surface area contributed by atoms with E-state index in [-0.39, 0.29) is 5.41 Å². The molecular weight excluding hydrogens is 282 g/mol. The van der Waals surface area contributed by atoms with Gasteiger partial charge in [0.1, 0.15) is 0 Å². The number of aromatic nitrogens is 2. The van der Waals surface area contributed by atoms with Crippen LogP contribution >= 0.6 is 11.8 Å². The van der Waals surface area contributed by atoms with Crippen LogP contribution in [0.3, 0.4) is 0 Å². The van der Waals surface area contributed by atoms with E-state index in [1.54, 1.807) is 0 Å². The van der Waals surface area contributed by atoms with Crippen molar-refractivity contribution in [1.82, 2.24) is 10.1 Å². The topological polar surface area (TPSA) is 64.9 Å². The Morgan fingerprint density at radius 2 is 2.14 bits per heavy atom. The van der Waals surface area contributed by atoms with Crippen molar-refractivity contribution >= 4 is 11.8 Å². The number of hydrogen-bond donors (Lipinski definition) is 1. The number of rotatable bonds is 6. The summed E-state index contributed by atoms with van der Waals surface area (Å²) < 4.78 is 5.45. The molecule has 2 rings (SSSR count). The third-order valence-electron chi connectivity index (χ3n) is 4.40. The maximum absolute atomic E-state index is 5.74. The van der Waals surface area contributed by atoms with E-state index in [4.69, 9.17) is 10.3 Å². The average Bonchev–Trinajstić information content (AvgIpc) is 2.92. The molecule has 0 radical (unpaired) electrons. The summed E-state index contributed by atoms with van der Waals surface area (Å²) in [6, 6.07) is 0. The van der Waals surface area contributed by atoms with Crippen molar-refractivity contribution in [3.05, 3.63) is 11.7 Å².